The van der Waals surface area contributed by atoms with Crippen molar-refractivity contribution >= 4 is 11.6 Å². The Morgan fingerprint density at radius 2 is 1.94 bits per heavy atom. The van der Waals surface area contributed by atoms with E-state index in [1.165, 1.54) is 6.08 Å². The number of hydrogen-bond acceptors (Lipinski definition) is 3. The van der Waals surface area contributed by atoms with E-state index in [-0.39, 0.29) is 17.6 Å². The van der Waals surface area contributed by atoms with Crippen LogP contribution in [0.3, 0.4) is 0 Å². The third kappa shape index (κ3) is 2.18. The summed E-state index contributed by atoms with van der Waals surface area (Å²) in [6.07, 6.45) is 7.06. The first-order valence-corrected chi connectivity index (χ1v) is 5.73. The first-order valence-electron chi connectivity index (χ1n) is 5.73. The normalized spacial score (nSPS) is 15.4. The SMILES string of the molecule is C#CCC(C)NC1=CC(=O)c2ccccc2C1=O. The number of terminal acetylenes is 1. The Morgan fingerprint density at radius 3 is 2.61 bits per heavy atom. The fourth-order valence-electron chi connectivity index (χ4n) is 1.92. The highest BCUT2D eigenvalue weighted by Gasteiger charge is 2.25. The third-order valence-corrected chi connectivity index (χ3v) is 2.78. The highest BCUT2D eigenvalue weighted by atomic mass is 16.1. The van der Waals surface area contributed by atoms with E-state index in [1.807, 2.05) is 6.92 Å². The van der Waals surface area contributed by atoms with Crippen LogP contribution in [0.1, 0.15) is 34.1 Å². The second kappa shape index (κ2) is 4.89. The van der Waals surface area contributed by atoms with Crippen molar-refractivity contribution < 1.29 is 9.59 Å². The molecule has 0 aromatic heterocycles. The average molecular weight is 239 g/mol. The summed E-state index contributed by atoms with van der Waals surface area (Å²) in [7, 11) is 0. The van der Waals surface area contributed by atoms with Gasteiger partial charge in [-0.3, -0.25) is 9.59 Å². The number of hydrogen-bond donors (Lipinski definition) is 1. The summed E-state index contributed by atoms with van der Waals surface area (Å²) < 4.78 is 0. The zero-order valence-corrected chi connectivity index (χ0v) is 10.1. The molecule has 0 amide bonds. The van der Waals surface area contributed by atoms with E-state index < -0.39 is 0 Å². The lowest BCUT2D eigenvalue weighted by atomic mass is 9.92. The molecule has 1 atom stereocenters. The quantitative estimate of drug-likeness (QED) is 0.820. The van der Waals surface area contributed by atoms with Crippen molar-refractivity contribution in [3.63, 3.8) is 0 Å². The molecule has 0 fully saturated rings. The predicted molar refractivity (Wildman–Crippen MR) is 69.2 cm³/mol. The molecule has 1 unspecified atom stereocenters. The number of nitrogens with one attached hydrogen (secondary N) is 1. The summed E-state index contributed by atoms with van der Waals surface area (Å²) in [6, 6.07) is 6.78. The average Bonchev–Trinajstić information content (AvgIpc) is 2.36. The first-order chi connectivity index (χ1) is 8.63. The minimum atomic E-state index is -0.158. The number of benzene rings is 1. The van der Waals surface area contributed by atoms with E-state index in [2.05, 4.69) is 11.2 Å². The fraction of sp³-hybridized carbons (Fsp3) is 0.200. The molecule has 0 spiro atoms. The minimum Gasteiger partial charge on any atom is -0.378 e. The van der Waals surface area contributed by atoms with Gasteiger partial charge >= 0.3 is 0 Å². The van der Waals surface area contributed by atoms with Gasteiger partial charge in [0, 0.05) is 29.7 Å². The maximum absolute atomic E-state index is 12.2. The van der Waals surface area contributed by atoms with Gasteiger partial charge in [0.25, 0.3) is 0 Å². The third-order valence-electron chi connectivity index (χ3n) is 2.78. The molecular formula is C15H13NO2. The molecule has 2 rings (SSSR count). The van der Waals surface area contributed by atoms with Gasteiger partial charge in [-0.1, -0.05) is 24.3 Å². The summed E-state index contributed by atoms with van der Waals surface area (Å²) in [5.41, 5.74) is 1.22. The number of fused-ring (bicyclic) bond motifs is 1. The van der Waals surface area contributed by atoms with Crippen LogP contribution in [0.25, 0.3) is 0 Å². The molecule has 0 saturated heterocycles. The monoisotopic (exact) mass is 239 g/mol. The van der Waals surface area contributed by atoms with Crippen LogP contribution in [-0.2, 0) is 0 Å². The van der Waals surface area contributed by atoms with E-state index in [4.69, 9.17) is 6.42 Å². The lowest BCUT2D eigenvalue weighted by molar-refractivity contribution is 0.0977. The molecule has 0 saturated carbocycles. The number of ketones is 2. The van der Waals surface area contributed by atoms with Crippen LogP contribution < -0.4 is 5.32 Å². The molecule has 1 N–H and O–H groups in total. The van der Waals surface area contributed by atoms with Crippen molar-refractivity contribution in [2.75, 3.05) is 0 Å². The summed E-state index contributed by atoms with van der Waals surface area (Å²) in [5.74, 6) is 2.21. The summed E-state index contributed by atoms with van der Waals surface area (Å²) in [6.45, 7) is 1.87. The number of Topliss-reactive ketones (excluding diaryl/α,β-unsaturated/α-hetero) is 1. The predicted octanol–water partition coefficient (Wildman–Crippen LogP) is 1.95. The molecule has 18 heavy (non-hydrogen) atoms. The standard InChI is InChI=1S/C15H13NO2/c1-3-6-10(2)16-13-9-14(17)11-7-4-5-8-12(11)15(13)18/h1,4-5,7-10,16H,6H2,2H3. The van der Waals surface area contributed by atoms with Gasteiger partial charge in [0.15, 0.2) is 5.78 Å². The van der Waals surface area contributed by atoms with Gasteiger partial charge in [-0.25, -0.2) is 0 Å². The van der Waals surface area contributed by atoms with Crippen LogP contribution in [0.4, 0.5) is 0 Å². The first kappa shape index (κ1) is 12.1. The van der Waals surface area contributed by atoms with E-state index >= 15 is 0 Å². The molecule has 3 nitrogen and oxygen atoms in total. The van der Waals surface area contributed by atoms with Crippen molar-refractivity contribution in [1.29, 1.82) is 0 Å². The number of rotatable bonds is 3. The maximum atomic E-state index is 12.2. The molecule has 0 aliphatic heterocycles. The largest absolute Gasteiger partial charge is 0.378 e. The van der Waals surface area contributed by atoms with Crippen LogP contribution >= 0.6 is 0 Å². The zero-order valence-electron chi connectivity index (χ0n) is 10.1. The van der Waals surface area contributed by atoms with Crippen LogP contribution in [0.5, 0.6) is 0 Å². The maximum Gasteiger partial charge on any atom is 0.209 e. The highest BCUT2D eigenvalue weighted by Crippen LogP contribution is 2.20. The van der Waals surface area contributed by atoms with Crippen molar-refractivity contribution in [2.45, 2.75) is 19.4 Å². The second-order valence-corrected chi connectivity index (χ2v) is 4.25. The number of carbonyl (C=O) groups excluding carboxylic acids is 2. The fourth-order valence-corrected chi connectivity index (χ4v) is 1.92. The van der Waals surface area contributed by atoms with Gasteiger partial charge in [0.2, 0.25) is 5.78 Å². The van der Waals surface area contributed by atoms with Gasteiger partial charge < -0.3 is 5.32 Å². The number of carbonyl (C=O) groups is 2. The molecule has 0 heterocycles. The lowest BCUT2D eigenvalue weighted by Gasteiger charge is -2.19. The Morgan fingerprint density at radius 1 is 1.28 bits per heavy atom. The van der Waals surface area contributed by atoms with Crippen LogP contribution in [0, 0.1) is 12.3 Å². The Bertz CT molecular complexity index is 578. The Labute approximate surface area is 106 Å². The molecule has 0 bridgehead atoms. The Balaban J connectivity index is 2.29. The summed E-state index contributed by atoms with van der Waals surface area (Å²) in [4.78, 5) is 24.0. The molecule has 90 valence electrons. The molecule has 0 radical (unpaired) electrons. The van der Waals surface area contributed by atoms with E-state index in [0.29, 0.717) is 23.2 Å². The zero-order chi connectivity index (χ0) is 13.1. The number of allylic oxidation sites excluding steroid dienone is 2. The van der Waals surface area contributed by atoms with Gasteiger partial charge in [-0.05, 0) is 6.92 Å². The molecule has 1 aromatic rings. The van der Waals surface area contributed by atoms with Crippen molar-refractivity contribution in [3.8, 4) is 12.3 Å². The van der Waals surface area contributed by atoms with Gasteiger partial charge in [-0.2, -0.15) is 0 Å². The molecule has 1 aromatic carbocycles. The Kier molecular flexibility index (Phi) is 3.29. The summed E-state index contributed by atoms with van der Waals surface area (Å²) in [5, 5.41) is 2.99. The summed E-state index contributed by atoms with van der Waals surface area (Å²) >= 11 is 0. The van der Waals surface area contributed by atoms with Gasteiger partial charge in [0.1, 0.15) is 0 Å². The van der Waals surface area contributed by atoms with Crippen molar-refractivity contribution in [1.82, 2.24) is 5.32 Å². The van der Waals surface area contributed by atoms with Gasteiger partial charge in [-0.15, -0.1) is 12.3 Å². The van der Waals surface area contributed by atoms with Crippen molar-refractivity contribution in [3.05, 3.63) is 47.2 Å². The smallest absolute Gasteiger partial charge is 0.209 e. The lowest BCUT2D eigenvalue weighted by Crippen LogP contribution is -2.32. The van der Waals surface area contributed by atoms with Crippen LogP contribution in [0.2, 0.25) is 0 Å². The minimum absolute atomic E-state index is 0.0386. The Hall–Kier alpha value is -2.34. The molecular weight excluding hydrogens is 226 g/mol. The molecule has 1 aliphatic rings. The van der Waals surface area contributed by atoms with E-state index in [1.54, 1.807) is 24.3 Å². The van der Waals surface area contributed by atoms with Gasteiger partial charge in [0.05, 0.1) is 5.70 Å². The van der Waals surface area contributed by atoms with E-state index in [9.17, 15) is 9.59 Å². The van der Waals surface area contributed by atoms with Crippen LogP contribution in [0.15, 0.2) is 36.0 Å². The van der Waals surface area contributed by atoms with Crippen LogP contribution in [-0.4, -0.2) is 17.6 Å². The van der Waals surface area contributed by atoms with E-state index in [0.717, 1.165) is 0 Å². The highest BCUT2D eigenvalue weighted by molar-refractivity contribution is 6.24. The van der Waals surface area contributed by atoms with Crippen molar-refractivity contribution in [2.24, 2.45) is 0 Å². The topological polar surface area (TPSA) is 46.2 Å². The second-order valence-electron chi connectivity index (χ2n) is 4.25. The molecule has 3 heteroatoms. The molecule has 1 aliphatic carbocycles.